The minimum Gasteiger partial charge on any atom is -0.495 e. The number of hydrogen-bond acceptors (Lipinski definition) is 5. The first-order valence-corrected chi connectivity index (χ1v) is 7.78. The Morgan fingerprint density at radius 1 is 1.32 bits per heavy atom. The molecule has 1 heterocycles. The third-order valence-corrected chi connectivity index (χ3v) is 4.10. The zero-order valence-corrected chi connectivity index (χ0v) is 13.1. The van der Waals surface area contributed by atoms with Crippen LogP contribution in [0.15, 0.2) is 35.4 Å². The molecule has 0 aliphatic heterocycles. The molecule has 22 heavy (non-hydrogen) atoms. The fraction of sp³-hybridized carbons (Fsp3) is 0.231. The lowest BCUT2D eigenvalue weighted by atomic mass is 10.3. The molecule has 2 rings (SSSR count). The molecule has 1 aromatic heterocycles. The van der Waals surface area contributed by atoms with Gasteiger partial charge in [-0.1, -0.05) is 0 Å². The summed E-state index contributed by atoms with van der Waals surface area (Å²) < 4.78 is 33.6. The molecule has 0 spiro atoms. The number of ether oxygens (including phenoxy) is 1. The molecule has 0 saturated heterocycles. The van der Waals surface area contributed by atoms with Crippen molar-refractivity contribution in [1.82, 2.24) is 9.78 Å². The van der Waals surface area contributed by atoms with Crippen LogP contribution in [-0.2, 0) is 21.9 Å². The molecule has 2 N–H and O–H groups in total. The lowest BCUT2D eigenvalue weighted by Crippen LogP contribution is -2.15. The number of nitrogens with one attached hydrogen (secondary N) is 2. The van der Waals surface area contributed by atoms with Gasteiger partial charge >= 0.3 is 0 Å². The average Bonchev–Trinajstić information content (AvgIpc) is 2.82. The van der Waals surface area contributed by atoms with E-state index in [2.05, 4.69) is 15.1 Å². The molecule has 0 aliphatic rings. The van der Waals surface area contributed by atoms with Crippen LogP contribution in [0.3, 0.4) is 0 Å². The molecule has 0 unspecified atom stereocenters. The van der Waals surface area contributed by atoms with Gasteiger partial charge in [0.1, 0.15) is 5.75 Å². The highest BCUT2D eigenvalue weighted by molar-refractivity contribution is 7.92. The van der Waals surface area contributed by atoms with Crippen LogP contribution < -0.4 is 14.8 Å². The van der Waals surface area contributed by atoms with Crippen LogP contribution in [-0.4, -0.2) is 31.2 Å². The van der Waals surface area contributed by atoms with E-state index in [1.807, 2.05) is 0 Å². The highest BCUT2D eigenvalue weighted by Crippen LogP contribution is 2.28. The van der Waals surface area contributed by atoms with E-state index in [0.717, 1.165) is 0 Å². The minimum absolute atomic E-state index is 0.0114. The van der Waals surface area contributed by atoms with Crippen LogP contribution in [0.4, 0.5) is 11.5 Å². The number of sulfonamides is 1. The molecule has 0 atom stereocenters. The minimum atomic E-state index is -3.82. The zero-order valence-electron chi connectivity index (χ0n) is 12.3. The monoisotopic (exact) mass is 324 g/mol. The van der Waals surface area contributed by atoms with Crippen LogP contribution in [0.1, 0.15) is 6.92 Å². The first-order valence-electron chi connectivity index (χ1n) is 6.30. The first kappa shape index (κ1) is 15.8. The molecule has 1 amide bonds. The number of benzene rings is 1. The van der Waals surface area contributed by atoms with Crippen LogP contribution in [0, 0.1) is 0 Å². The van der Waals surface area contributed by atoms with Crippen molar-refractivity contribution >= 4 is 27.4 Å². The Balaban J connectivity index is 2.36. The molecule has 118 valence electrons. The van der Waals surface area contributed by atoms with Gasteiger partial charge in [-0.05, 0) is 18.2 Å². The van der Waals surface area contributed by atoms with Crippen LogP contribution >= 0.6 is 0 Å². The second-order valence-corrected chi connectivity index (χ2v) is 6.21. The lowest BCUT2D eigenvalue weighted by molar-refractivity contribution is -0.114. The summed E-state index contributed by atoms with van der Waals surface area (Å²) in [5.41, 5.74) is 0.277. The maximum Gasteiger partial charge on any atom is 0.263 e. The molecule has 0 aliphatic carbocycles. The largest absolute Gasteiger partial charge is 0.495 e. The van der Waals surface area contributed by atoms with Crippen molar-refractivity contribution in [1.29, 1.82) is 0 Å². The number of aromatic nitrogens is 2. The first-order chi connectivity index (χ1) is 10.3. The van der Waals surface area contributed by atoms with Crippen LogP contribution in [0.2, 0.25) is 0 Å². The summed E-state index contributed by atoms with van der Waals surface area (Å²) in [6.45, 7) is 1.33. The summed E-state index contributed by atoms with van der Waals surface area (Å²) >= 11 is 0. The Bertz CT molecular complexity index is 798. The topological polar surface area (TPSA) is 102 Å². The fourth-order valence-corrected chi connectivity index (χ4v) is 2.83. The Labute approximate surface area is 128 Å². The van der Waals surface area contributed by atoms with Crippen molar-refractivity contribution in [2.45, 2.75) is 11.8 Å². The SMILES string of the molecule is COc1ccc(S(=O)(=O)Nc2ccn(C)n2)cc1NC(C)=O. The summed E-state index contributed by atoms with van der Waals surface area (Å²) in [6, 6.07) is 5.72. The van der Waals surface area contributed by atoms with Crippen molar-refractivity contribution in [2.75, 3.05) is 17.1 Å². The van der Waals surface area contributed by atoms with Gasteiger partial charge < -0.3 is 10.1 Å². The molecule has 0 fully saturated rings. The van der Waals surface area contributed by atoms with Gasteiger partial charge in [0.2, 0.25) is 5.91 Å². The Morgan fingerprint density at radius 3 is 2.59 bits per heavy atom. The van der Waals surface area contributed by atoms with Crippen molar-refractivity contribution in [3.05, 3.63) is 30.5 Å². The standard InChI is InChI=1S/C13H16N4O4S/c1-9(18)14-11-8-10(4-5-12(11)21-3)22(19,20)16-13-6-7-17(2)15-13/h4-8H,1-3H3,(H,14,18)(H,15,16). The van der Waals surface area contributed by atoms with Gasteiger partial charge in [0.05, 0.1) is 17.7 Å². The number of rotatable bonds is 5. The number of anilines is 2. The van der Waals surface area contributed by atoms with Crippen molar-refractivity contribution in [2.24, 2.45) is 7.05 Å². The average molecular weight is 324 g/mol. The van der Waals surface area contributed by atoms with Crippen molar-refractivity contribution in [3.8, 4) is 5.75 Å². The van der Waals surface area contributed by atoms with Gasteiger partial charge in [-0.15, -0.1) is 0 Å². The smallest absolute Gasteiger partial charge is 0.263 e. The normalized spacial score (nSPS) is 11.0. The fourth-order valence-electron chi connectivity index (χ4n) is 1.81. The predicted octanol–water partition coefficient (Wildman–Crippen LogP) is 1.19. The lowest BCUT2D eigenvalue weighted by Gasteiger charge is -2.11. The maximum atomic E-state index is 12.3. The molecule has 1 aromatic carbocycles. The molecular weight excluding hydrogens is 308 g/mol. The van der Waals surface area contributed by atoms with E-state index in [4.69, 9.17) is 4.74 Å². The molecular formula is C13H16N4O4S. The van der Waals surface area contributed by atoms with Gasteiger partial charge in [-0.2, -0.15) is 5.10 Å². The highest BCUT2D eigenvalue weighted by atomic mass is 32.2. The van der Waals surface area contributed by atoms with E-state index in [-0.39, 0.29) is 22.3 Å². The van der Waals surface area contributed by atoms with E-state index in [1.54, 1.807) is 13.2 Å². The van der Waals surface area contributed by atoms with Crippen LogP contribution in [0.25, 0.3) is 0 Å². The maximum absolute atomic E-state index is 12.3. The molecule has 8 nitrogen and oxygen atoms in total. The zero-order chi connectivity index (χ0) is 16.3. The van der Waals surface area contributed by atoms with E-state index < -0.39 is 10.0 Å². The number of hydrogen-bond donors (Lipinski definition) is 2. The number of carbonyl (C=O) groups excluding carboxylic acids is 1. The second kappa shape index (κ2) is 6.06. The van der Waals surface area contributed by atoms with Gasteiger partial charge in [0, 0.05) is 26.2 Å². The van der Waals surface area contributed by atoms with Crippen molar-refractivity contribution in [3.63, 3.8) is 0 Å². The van der Waals surface area contributed by atoms with Gasteiger partial charge in [0.25, 0.3) is 10.0 Å². The van der Waals surface area contributed by atoms with E-state index in [0.29, 0.717) is 5.75 Å². The second-order valence-electron chi connectivity index (χ2n) is 4.52. The molecule has 0 saturated carbocycles. The third kappa shape index (κ3) is 3.55. The molecule has 0 radical (unpaired) electrons. The van der Waals surface area contributed by atoms with Crippen LogP contribution in [0.5, 0.6) is 5.75 Å². The molecule has 9 heteroatoms. The number of aryl methyl sites for hydroxylation is 1. The summed E-state index contributed by atoms with van der Waals surface area (Å²) in [5, 5.41) is 6.49. The molecule has 2 aromatic rings. The summed E-state index contributed by atoms with van der Waals surface area (Å²) in [6.07, 6.45) is 1.62. The predicted molar refractivity (Wildman–Crippen MR) is 81.3 cm³/mol. The number of carbonyl (C=O) groups is 1. The number of methoxy groups -OCH3 is 1. The molecule has 0 bridgehead atoms. The number of nitrogens with zero attached hydrogens (tertiary/aromatic N) is 2. The van der Waals surface area contributed by atoms with E-state index in [1.165, 1.54) is 43.0 Å². The Hall–Kier alpha value is -2.55. The Morgan fingerprint density at radius 2 is 2.05 bits per heavy atom. The quantitative estimate of drug-likeness (QED) is 0.860. The highest BCUT2D eigenvalue weighted by Gasteiger charge is 2.18. The van der Waals surface area contributed by atoms with Crippen molar-refractivity contribution < 1.29 is 17.9 Å². The van der Waals surface area contributed by atoms with E-state index >= 15 is 0 Å². The third-order valence-electron chi connectivity index (χ3n) is 2.74. The van der Waals surface area contributed by atoms with Gasteiger partial charge in [-0.3, -0.25) is 14.2 Å². The van der Waals surface area contributed by atoms with Gasteiger partial charge in [-0.25, -0.2) is 8.42 Å². The van der Waals surface area contributed by atoms with E-state index in [9.17, 15) is 13.2 Å². The summed E-state index contributed by atoms with van der Waals surface area (Å²) in [7, 11) is -0.704. The van der Waals surface area contributed by atoms with Gasteiger partial charge in [0.15, 0.2) is 5.82 Å². The summed E-state index contributed by atoms with van der Waals surface area (Å²) in [4.78, 5) is 11.2. The Kier molecular flexibility index (Phi) is 4.36. The summed E-state index contributed by atoms with van der Waals surface area (Å²) in [5.74, 6) is 0.247. The number of amides is 1.